The Bertz CT molecular complexity index is 912. The minimum Gasteiger partial charge on any atom is -0.368 e. The number of thiazole rings is 1. The van der Waals surface area contributed by atoms with E-state index >= 15 is 0 Å². The maximum atomic E-state index is 12.2. The summed E-state index contributed by atoms with van der Waals surface area (Å²) < 4.78 is 5.80. The van der Waals surface area contributed by atoms with E-state index < -0.39 is 0 Å². The van der Waals surface area contributed by atoms with E-state index in [1.54, 1.807) is 35.7 Å². The van der Waals surface area contributed by atoms with E-state index in [4.69, 9.17) is 16.3 Å². The number of ether oxygens (including phenoxy) is 1. The second-order valence-electron chi connectivity index (χ2n) is 5.64. The molecule has 3 heterocycles. The van der Waals surface area contributed by atoms with Crippen molar-refractivity contribution in [3.8, 4) is 0 Å². The normalized spacial score (nSPS) is 19.0. The highest BCUT2D eigenvalue weighted by Crippen LogP contribution is 2.24. The Kier molecular flexibility index (Phi) is 4.32. The number of nitrogens with one attached hydrogen (secondary N) is 1. The smallest absolute Gasteiger partial charge is 0.258 e. The van der Waals surface area contributed by atoms with Crippen molar-refractivity contribution in [1.82, 2.24) is 19.9 Å². The van der Waals surface area contributed by atoms with Gasteiger partial charge in [-0.1, -0.05) is 11.6 Å². The molecule has 2 aromatic heterocycles. The number of H-pyrrole nitrogens is 1. The molecule has 24 heavy (non-hydrogen) atoms. The predicted molar refractivity (Wildman–Crippen MR) is 93.5 cm³/mol. The lowest BCUT2D eigenvalue weighted by Crippen LogP contribution is -2.38. The van der Waals surface area contributed by atoms with Crippen LogP contribution in [0.1, 0.15) is 16.9 Å². The molecule has 124 valence electrons. The molecule has 1 fully saturated rings. The standard InChI is InChI=1S/C16H15ClN4O2S/c17-10-1-2-12-11(7-10)15(22)20-14(19-12)9-21-4-5-23-13(8-21)16-18-3-6-24-16/h1-3,6-7,13H,4-5,8-9H2,(H,19,20,22)/t13-/m0/s1. The summed E-state index contributed by atoms with van der Waals surface area (Å²) >= 11 is 7.54. The summed E-state index contributed by atoms with van der Waals surface area (Å²) in [5.41, 5.74) is 0.491. The molecule has 0 aliphatic carbocycles. The lowest BCUT2D eigenvalue weighted by atomic mass is 10.2. The third-order valence-corrected chi connectivity index (χ3v) is 5.07. The third kappa shape index (κ3) is 3.21. The Morgan fingerprint density at radius 2 is 2.38 bits per heavy atom. The van der Waals surface area contributed by atoms with Gasteiger partial charge in [-0.25, -0.2) is 9.97 Å². The van der Waals surface area contributed by atoms with Crippen molar-refractivity contribution in [2.24, 2.45) is 0 Å². The predicted octanol–water partition coefficient (Wildman–Crippen LogP) is 2.61. The van der Waals surface area contributed by atoms with E-state index in [2.05, 4.69) is 19.9 Å². The van der Waals surface area contributed by atoms with Crippen LogP contribution in [0.4, 0.5) is 0 Å². The third-order valence-electron chi connectivity index (χ3n) is 3.97. The SMILES string of the molecule is O=c1[nH]c(CN2CCO[C@H](c3nccs3)C2)nc2ccc(Cl)cc12. The van der Waals surface area contributed by atoms with Gasteiger partial charge in [-0.05, 0) is 18.2 Å². The van der Waals surface area contributed by atoms with Gasteiger partial charge in [0.15, 0.2) is 0 Å². The number of hydrogen-bond donors (Lipinski definition) is 1. The van der Waals surface area contributed by atoms with E-state index in [1.807, 2.05) is 5.38 Å². The Morgan fingerprint density at radius 1 is 1.46 bits per heavy atom. The van der Waals surface area contributed by atoms with Crippen LogP contribution in [0.2, 0.25) is 5.02 Å². The van der Waals surface area contributed by atoms with Crippen molar-refractivity contribution < 1.29 is 4.74 Å². The van der Waals surface area contributed by atoms with E-state index in [-0.39, 0.29) is 11.7 Å². The van der Waals surface area contributed by atoms with Gasteiger partial charge in [0.25, 0.3) is 5.56 Å². The van der Waals surface area contributed by atoms with Gasteiger partial charge in [0.2, 0.25) is 0 Å². The highest BCUT2D eigenvalue weighted by molar-refractivity contribution is 7.09. The highest BCUT2D eigenvalue weighted by Gasteiger charge is 2.24. The van der Waals surface area contributed by atoms with Crippen LogP contribution in [-0.4, -0.2) is 39.5 Å². The first kappa shape index (κ1) is 15.7. The number of hydrogen-bond acceptors (Lipinski definition) is 6. The average Bonchev–Trinajstić information content (AvgIpc) is 3.10. The summed E-state index contributed by atoms with van der Waals surface area (Å²) in [6, 6.07) is 5.15. The second-order valence-corrected chi connectivity index (χ2v) is 7.00. The van der Waals surface area contributed by atoms with Gasteiger partial charge in [0.05, 0.1) is 24.1 Å². The second kappa shape index (κ2) is 6.60. The maximum Gasteiger partial charge on any atom is 0.258 e. The number of nitrogens with zero attached hydrogens (tertiary/aromatic N) is 3. The van der Waals surface area contributed by atoms with Gasteiger partial charge in [-0.3, -0.25) is 9.69 Å². The number of morpholine rings is 1. The van der Waals surface area contributed by atoms with Crippen LogP contribution < -0.4 is 5.56 Å². The fraction of sp³-hybridized carbons (Fsp3) is 0.312. The van der Waals surface area contributed by atoms with Crippen LogP contribution in [0.5, 0.6) is 0 Å². The van der Waals surface area contributed by atoms with Crippen molar-refractivity contribution >= 4 is 33.8 Å². The van der Waals surface area contributed by atoms with Gasteiger partial charge in [-0.15, -0.1) is 11.3 Å². The summed E-state index contributed by atoms with van der Waals surface area (Å²) in [5, 5.41) is 3.97. The quantitative estimate of drug-likeness (QED) is 0.775. The monoisotopic (exact) mass is 362 g/mol. The van der Waals surface area contributed by atoms with E-state index in [9.17, 15) is 4.79 Å². The molecular formula is C16H15ClN4O2S. The number of halogens is 1. The van der Waals surface area contributed by atoms with Crippen molar-refractivity contribution in [3.63, 3.8) is 0 Å². The molecule has 6 nitrogen and oxygen atoms in total. The van der Waals surface area contributed by atoms with Crippen molar-refractivity contribution in [3.05, 3.63) is 56.0 Å². The van der Waals surface area contributed by atoms with Crippen LogP contribution in [0, 0.1) is 0 Å². The Labute approximate surface area is 147 Å². The van der Waals surface area contributed by atoms with Crippen molar-refractivity contribution in [2.75, 3.05) is 19.7 Å². The number of aromatic nitrogens is 3. The summed E-state index contributed by atoms with van der Waals surface area (Å²) in [7, 11) is 0. The van der Waals surface area contributed by atoms with Crippen molar-refractivity contribution in [1.29, 1.82) is 0 Å². The number of rotatable bonds is 3. The van der Waals surface area contributed by atoms with Gasteiger partial charge >= 0.3 is 0 Å². The Hall–Kier alpha value is -1.80. The number of fused-ring (bicyclic) bond motifs is 1. The van der Waals surface area contributed by atoms with Gasteiger partial charge in [0.1, 0.15) is 16.9 Å². The molecule has 1 atom stereocenters. The van der Waals surface area contributed by atoms with Crippen molar-refractivity contribution in [2.45, 2.75) is 12.6 Å². The zero-order chi connectivity index (χ0) is 16.5. The molecule has 1 N–H and O–H groups in total. The Balaban J connectivity index is 1.55. The van der Waals surface area contributed by atoms with Gasteiger partial charge < -0.3 is 9.72 Å². The molecular weight excluding hydrogens is 348 g/mol. The molecule has 3 aromatic rings. The zero-order valence-corrected chi connectivity index (χ0v) is 14.3. The Morgan fingerprint density at radius 3 is 3.21 bits per heavy atom. The lowest BCUT2D eigenvalue weighted by Gasteiger charge is -2.31. The van der Waals surface area contributed by atoms with E-state index in [0.717, 1.165) is 18.1 Å². The lowest BCUT2D eigenvalue weighted by molar-refractivity contribution is -0.0337. The molecule has 0 saturated carbocycles. The molecule has 0 radical (unpaired) electrons. The molecule has 0 amide bonds. The fourth-order valence-corrected chi connectivity index (χ4v) is 3.68. The summed E-state index contributed by atoms with van der Waals surface area (Å²) in [5.74, 6) is 0.648. The van der Waals surface area contributed by atoms with E-state index in [0.29, 0.717) is 34.9 Å². The van der Waals surface area contributed by atoms with E-state index in [1.165, 1.54) is 0 Å². The first-order chi connectivity index (χ1) is 11.7. The topological polar surface area (TPSA) is 71.1 Å². The molecule has 0 bridgehead atoms. The molecule has 8 heteroatoms. The number of benzene rings is 1. The first-order valence-corrected chi connectivity index (χ1v) is 8.86. The largest absolute Gasteiger partial charge is 0.368 e. The van der Waals surface area contributed by atoms with Gasteiger partial charge in [0, 0.05) is 29.7 Å². The van der Waals surface area contributed by atoms with Gasteiger partial charge in [-0.2, -0.15) is 0 Å². The van der Waals surface area contributed by atoms with Crippen LogP contribution in [0.25, 0.3) is 10.9 Å². The molecule has 4 rings (SSSR count). The zero-order valence-electron chi connectivity index (χ0n) is 12.7. The van der Waals surface area contributed by atoms with Crippen LogP contribution in [-0.2, 0) is 11.3 Å². The summed E-state index contributed by atoms with van der Waals surface area (Å²) in [6.45, 7) is 2.73. The molecule has 1 saturated heterocycles. The first-order valence-electron chi connectivity index (χ1n) is 7.61. The van der Waals surface area contributed by atoms with Crippen LogP contribution in [0.3, 0.4) is 0 Å². The molecule has 0 unspecified atom stereocenters. The minimum atomic E-state index is -0.165. The number of aromatic amines is 1. The molecule has 1 aliphatic rings. The molecule has 1 aliphatic heterocycles. The minimum absolute atomic E-state index is 0.0234. The molecule has 0 spiro atoms. The maximum absolute atomic E-state index is 12.2. The highest BCUT2D eigenvalue weighted by atomic mass is 35.5. The fourth-order valence-electron chi connectivity index (χ4n) is 2.84. The summed E-state index contributed by atoms with van der Waals surface area (Å²) in [6.07, 6.45) is 1.76. The van der Waals surface area contributed by atoms with Crippen LogP contribution >= 0.6 is 22.9 Å². The molecule has 1 aromatic carbocycles. The summed E-state index contributed by atoms with van der Waals surface area (Å²) in [4.78, 5) is 26.2. The van der Waals surface area contributed by atoms with Crippen LogP contribution in [0.15, 0.2) is 34.6 Å². The average molecular weight is 363 g/mol.